The Balaban J connectivity index is 1.49. The fourth-order valence-corrected chi connectivity index (χ4v) is 3.24. The molecule has 1 aromatic heterocycles. The maximum atomic E-state index is 6.04. The smallest absolute Gasteiger partial charge is 0.191 e. The van der Waals surface area contributed by atoms with E-state index in [-0.39, 0.29) is 0 Å². The second-order valence-corrected chi connectivity index (χ2v) is 7.09. The van der Waals surface area contributed by atoms with E-state index in [2.05, 4.69) is 55.5 Å². The van der Waals surface area contributed by atoms with Crippen molar-refractivity contribution in [2.24, 2.45) is 4.99 Å². The Kier molecular flexibility index (Phi) is 7.09. The van der Waals surface area contributed by atoms with E-state index >= 15 is 0 Å². The second-order valence-electron chi connectivity index (χ2n) is 6.65. The predicted octanol–water partition coefficient (Wildman–Crippen LogP) is 3.80. The summed E-state index contributed by atoms with van der Waals surface area (Å²) in [7, 11) is 1.78. The van der Waals surface area contributed by atoms with Crippen LogP contribution in [0, 0.1) is 6.92 Å². The van der Waals surface area contributed by atoms with Gasteiger partial charge in [-0.05, 0) is 42.2 Å². The summed E-state index contributed by atoms with van der Waals surface area (Å²) < 4.78 is 2.14. The molecule has 0 fully saturated rings. The average Bonchev–Trinajstić information content (AvgIpc) is 3.09. The van der Waals surface area contributed by atoms with E-state index in [0.717, 1.165) is 36.3 Å². The normalized spacial score (nSPS) is 11.5. The van der Waals surface area contributed by atoms with Crippen LogP contribution in [0.4, 0.5) is 0 Å². The van der Waals surface area contributed by atoms with E-state index in [9.17, 15) is 0 Å². The molecular formula is C22H26ClN5. The summed E-state index contributed by atoms with van der Waals surface area (Å²) in [5, 5.41) is 7.49. The summed E-state index contributed by atoms with van der Waals surface area (Å²) in [5.74, 6) is 1.81. The number of halogens is 1. The molecule has 5 nitrogen and oxygen atoms in total. The zero-order valence-electron chi connectivity index (χ0n) is 16.3. The molecule has 28 heavy (non-hydrogen) atoms. The maximum Gasteiger partial charge on any atom is 0.191 e. The number of guanidine groups is 1. The average molecular weight is 396 g/mol. The van der Waals surface area contributed by atoms with E-state index < -0.39 is 0 Å². The molecule has 0 spiro atoms. The first-order chi connectivity index (χ1) is 13.6. The quantitative estimate of drug-likeness (QED) is 0.472. The minimum Gasteiger partial charge on any atom is -0.356 e. The molecular weight excluding hydrogens is 370 g/mol. The molecule has 0 amide bonds. The van der Waals surface area contributed by atoms with Gasteiger partial charge in [0.25, 0.3) is 0 Å². The van der Waals surface area contributed by atoms with Gasteiger partial charge in [0.1, 0.15) is 5.82 Å². The second kappa shape index (κ2) is 9.95. The van der Waals surface area contributed by atoms with Gasteiger partial charge >= 0.3 is 0 Å². The van der Waals surface area contributed by atoms with Crippen LogP contribution in [-0.4, -0.2) is 29.1 Å². The lowest BCUT2D eigenvalue weighted by Crippen LogP contribution is -2.37. The minimum absolute atomic E-state index is 0.716. The molecule has 0 aliphatic carbocycles. The number of hydrogen-bond acceptors (Lipinski definition) is 2. The van der Waals surface area contributed by atoms with Crippen molar-refractivity contribution in [3.8, 4) is 0 Å². The van der Waals surface area contributed by atoms with Gasteiger partial charge in [-0.3, -0.25) is 4.99 Å². The first-order valence-corrected chi connectivity index (χ1v) is 9.76. The van der Waals surface area contributed by atoms with E-state index in [1.165, 1.54) is 16.7 Å². The SMILES string of the molecule is CN=C(NCCc1cccc(Cl)c1)NCc1cccc(Cn2ccnc2C)c1. The lowest BCUT2D eigenvalue weighted by Gasteiger charge is -2.13. The van der Waals surface area contributed by atoms with Crippen molar-refractivity contribution in [2.45, 2.75) is 26.4 Å². The Morgan fingerprint density at radius 2 is 1.86 bits per heavy atom. The number of imidazole rings is 1. The molecule has 0 saturated heterocycles. The molecule has 0 aliphatic heterocycles. The van der Waals surface area contributed by atoms with E-state index in [4.69, 9.17) is 11.6 Å². The van der Waals surface area contributed by atoms with E-state index in [1.807, 2.05) is 37.5 Å². The summed E-state index contributed by atoms with van der Waals surface area (Å²) in [6.45, 7) is 4.35. The minimum atomic E-state index is 0.716. The van der Waals surface area contributed by atoms with Crippen LogP contribution in [0.1, 0.15) is 22.5 Å². The van der Waals surface area contributed by atoms with E-state index in [1.54, 1.807) is 7.05 Å². The summed E-state index contributed by atoms with van der Waals surface area (Å²) >= 11 is 6.04. The number of nitrogens with zero attached hydrogens (tertiary/aromatic N) is 3. The molecule has 2 aromatic carbocycles. The monoisotopic (exact) mass is 395 g/mol. The van der Waals surface area contributed by atoms with Crippen molar-refractivity contribution in [3.63, 3.8) is 0 Å². The van der Waals surface area contributed by atoms with Gasteiger partial charge in [-0.25, -0.2) is 4.98 Å². The van der Waals surface area contributed by atoms with Crippen LogP contribution in [0.3, 0.4) is 0 Å². The Hall–Kier alpha value is -2.79. The molecule has 0 radical (unpaired) electrons. The van der Waals surface area contributed by atoms with Gasteiger partial charge in [0, 0.05) is 44.1 Å². The van der Waals surface area contributed by atoms with Gasteiger partial charge in [0.2, 0.25) is 0 Å². The molecule has 6 heteroatoms. The first kappa shape index (κ1) is 20.0. The van der Waals surface area contributed by atoms with Crippen LogP contribution < -0.4 is 10.6 Å². The molecule has 146 valence electrons. The number of aromatic nitrogens is 2. The van der Waals surface area contributed by atoms with Crippen molar-refractivity contribution in [1.29, 1.82) is 0 Å². The van der Waals surface area contributed by atoms with Crippen molar-refractivity contribution in [2.75, 3.05) is 13.6 Å². The molecule has 2 N–H and O–H groups in total. The number of benzene rings is 2. The third-order valence-electron chi connectivity index (χ3n) is 4.55. The van der Waals surface area contributed by atoms with Gasteiger partial charge in [0.15, 0.2) is 5.96 Å². The van der Waals surface area contributed by atoms with Crippen molar-refractivity contribution < 1.29 is 0 Å². The highest BCUT2D eigenvalue weighted by Crippen LogP contribution is 2.11. The highest BCUT2D eigenvalue weighted by Gasteiger charge is 2.02. The molecule has 1 heterocycles. The van der Waals surface area contributed by atoms with Crippen LogP contribution in [0.5, 0.6) is 0 Å². The van der Waals surface area contributed by atoms with Crippen molar-refractivity contribution in [3.05, 3.63) is 88.5 Å². The van der Waals surface area contributed by atoms with Crippen molar-refractivity contribution >= 4 is 17.6 Å². The molecule has 3 rings (SSSR count). The Morgan fingerprint density at radius 1 is 1.07 bits per heavy atom. The van der Waals surface area contributed by atoms with Crippen LogP contribution in [0.2, 0.25) is 5.02 Å². The highest BCUT2D eigenvalue weighted by atomic mass is 35.5. The lowest BCUT2D eigenvalue weighted by atomic mass is 10.1. The molecule has 0 aliphatic rings. The molecule has 0 unspecified atom stereocenters. The summed E-state index contributed by atoms with van der Waals surface area (Å²) in [4.78, 5) is 8.58. The molecule has 0 atom stereocenters. The highest BCUT2D eigenvalue weighted by molar-refractivity contribution is 6.30. The molecule has 0 saturated carbocycles. The Morgan fingerprint density at radius 3 is 2.61 bits per heavy atom. The third-order valence-corrected chi connectivity index (χ3v) is 4.78. The standard InChI is InChI=1S/C22H26ClN5/c1-17-25-11-12-28(17)16-20-7-3-6-19(13-20)15-27-22(24-2)26-10-9-18-5-4-8-21(23)14-18/h3-8,11-14H,9-10,15-16H2,1-2H3,(H2,24,26,27). The summed E-state index contributed by atoms with van der Waals surface area (Å²) in [6, 6.07) is 16.5. The van der Waals surface area contributed by atoms with Crippen molar-refractivity contribution in [1.82, 2.24) is 20.2 Å². The zero-order valence-corrected chi connectivity index (χ0v) is 17.1. The fraction of sp³-hybridized carbons (Fsp3) is 0.273. The van der Waals surface area contributed by atoms with Gasteiger partial charge in [0.05, 0.1) is 0 Å². The van der Waals surface area contributed by atoms with Gasteiger partial charge in [-0.15, -0.1) is 0 Å². The Bertz CT molecular complexity index is 932. The topological polar surface area (TPSA) is 54.2 Å². The predicted molar refractivity (Wildman–Crippen MR) is 116 cm³/mol. The molecule has 3 aromatic rings. The lowest BCUT2D eigenvalue weighted by molar-refractivity contribution is 0.757. The maximum absolute atomic E-state index is 6.04. The third kappa shape index (κ3) is 5.86. The van der Waals surface area contributed by atoms with Crippen LogP contribution in [-0.2, 0) is 19.5 Å². The number of rotatable bonds is 7. The fourth-order valence-electron chi connectivity index (χ4n) is 3.03. The Labute approximate surface area is 171 Å². The van der Waals surface area contributed by atoms with Gasteiger partial charge in [-0.2, -0.15) is 0 Å². The largest absolute Gasteiger partial charge is 0.356 e. The van der Waals surface area contributed by atoms with Crippen LogP contribution in [0.25, 0.3) is 0 Å². The summed E-state index contributed by atoms with van der Waals surface area (Å²) in [6.07, 6.45) is 4.73. The number of hydrogen-bond donors (Lipinski definition) is 2. The van der Waals surface area contributed by atoms with Crippen LogP contribution >= 0.6 is 11.6 Å². The number of aliphatic imine (C=N–C) groups is 1. The van der Waals surface area contributed by atoms with Crippen LogP contribution in [0.15, 0.2) is 65.9 Å². The zero-order chi connectivity index (χ0) is 19.8. The molecule has 0 bridgehead atoms. The van der Waals surface area contributed by atoms with Gasteiger partial charge in [-0.1, -0.05) is 48.0 Å². The number of nitrogens with one attached hydrogen (secondary N) is 2. The first-order valence-electron chi connectivity index (χ1n) is 9.38. The van der Waals surface area contributed by atoms with E-state index in [0.29, 0.717) is 6.54 Å². The van der Waals surface area contributed by atoms with Gasteiger partial charge < -0.3 is 15.2 Å². The number of aryl methyl sites for hydroxylation is 1. The summed E-state index contributed by atoms with van der Waals surface area (Å²) in [5.41, 5.74) is 3.68.